The largest absolute Gasteiger partial charge is 0.480 e. The lowest BCUT2D eigenvalue weighted by atomic mass is 10.0. The second-order valence-corrected chi connectivity index (χ2v) is 7.89. The van der Waals surface area contributed by atoms with E-state index in [0.717, 1.165) is 11.1 Å². The Kier molecular flexibility index (Phi) is 10.3. The summed E-state index contributed by atoms with van der Waals surface area (Å²) < 4.78 is 5.19. The predicted molar refractivity (Wildman–Crippen MR) is 121 cm³/mol. The van der Waals surface area contributed by atoms with Gasteiger partial charge < -0.3 is 20.5 Å². The van der Waals surface area contributed by atoms with Crippen LogP contribution in [-0.4, -0.2) is 53.0 Å². The van der Waals surface area contributed by atoms with Gasteiger partial charge in [-0.25, -0.2) is 9.59 Å². The molecule has 170 valence electrons. The van der Waals surface area contributed by atoms with Crippen LogP contribution in [0.25, 0.3) is 0 Å². The van der Waals surface area contributed by atoms with Gasteiger partial charge in [0.15, 0.2) is 0 Å². The lowest BCUT2D eigenvalue weighted by Crippen LogP contribution is -2.53. The number of carbonyl (C=O) groups is 4. The van der Waals surface area contributed by atoms with E-state index in [-0.39, 0.29) is 31.0 Å². The molecule has 0 saturated heterocycles. The summed E-state index contributed by atoms with van der Waals surface area (Å²) >= 11 is 1.27. The number of rotatable bonds is 12. The fourth-order valence-corrected chi connectivity index (χ4v) is 3.33. The molecule has 2 rings (SSSR count). The molecule has 0 aliphatic heterocycles. The van der Waals surface area contributed by atoms with E-state index >= 15 is 0 Å². The number of amides is 2. The van der Waals surface area contributed by atoms with E-state index < -0.39 is 30.1 Å². The van der Waals surface area contributed by atoms with Crippen molar-refractivity contribution in [2.24, 2.45) is 0 Å². The van der Waals surface area contributed by atoms with Crippen molar-refractivity contribution < 1.29 is 29.0 Å². The molecule has 0 spiro atoms. The number of thioether (sulfide) groups is 1. The lowest BCUT2D eigenvalue weighted by Gasteiger charge is -2.21. The second kappa shape index (κ2) is 13.2. The van der Waals surface area contributed by atoms with Gasteiger partial charge >= 0.3 is 12.1 Å². The molecule has 0 aromatic heterocycles. The summed E-state index contributed by atoms with van der Waals surface area (Å²) in [6.07, 6.45) is 0.708. The fraction of sp³-hybridized carbons (Fsp3) is 0.304. The number of benzene rings is 2. The summed E-state index contributed by atoms with van der Waals surface area (Å²) in [7, 11) is 0. The van der Waals surface area contributed by atoms with Gasteiger partial charge in [-0.3, -0.25) is 9.59 Å². The fourth-order valence-electron chi connectivity index (χ4n) is 2.89. The van der Waals surface area contributed by atoms with Crippen molar-refractivity contribution in [1.82, 2.24) is 10.6 Å². The molecular formula is C23H26N2O6S. The van der Waals surface area contributed by atoms with Crippen molar-refractivity contribution in [3.8, 4) is 0 Å². The van der Waals surface area contributed by atoms with Gasteiger partial charge in [-0.2, -0.15) is 11.8 Å². The molecule has 0 fully saturated rings. The second-order valence-electron chi connectivity index (χ2n) is 7.02. The van der Waals surface area contributed by atoms with Crippen molar-refractivity contribution in [2.45, 2.75) is 31.5 Å². The number of ketones is 1. The van der Waals surface area contributed by atoms with Crippen LogP contribution in [-0.2, 0) is 32.1 Å². The van der Waals surface area contributed by atoms with Crippen LogP contribution in [0.3, 0.4) is 0 Å². The van der Waals surface area contributed by atoms with Gasteiger partial charge in [-0.1, -0.05) is 60.7 Å². The molecule has 9 heteroatoms. The van der Waals surface area contributed by atoms with Crippen LogP contribution in [0.1, 0.15) is 17.5 Å². The molecule has 0 aliphatic rings. The monoisotopic (exact) mass is 458 g/mol. The van der Waals surface area contributed by atoms with E-state index in [1.54, 1.807) is 42.7 Å². The van der Waals surface area contributed by atoms with Crippen molar-refractivity contribution in [3.63, 3.8) is 0 Å². The average molecular weight is 459 g/mol. The Balaban J connectivity index is 2.06. The molecule has 0 heterocycles. The number of alkyl carbamates (subject to hydrolysis) is 1. The number of aliphatic carboxylic acids is 1. The Morgan fingerprint density at radius 2 is 1.50 bits per heavy atom. The average Bonchev–Trinajstić information content (AvgIpc) is 2.78. The summed E-state index contributed by atoms with van der Waals surface area (Å²) in [4.78, 5) is 48.6. The zero-order valence-corrected chi connectivity index (χ0v) is 18.5. The maximum Gasteiger partial charge on any atom is 0.408 e. The van der Waals surface area contributed by atoms with Gasteiger partial charge in [-0.05, 0) is 17.4 Å². The molecular weight excluding hydrogens is 432 g/mol. The SMILES string of the molecule is CSCC(=O)CC(NC(=O)C(Cc1ccccc1)NC(=O)OCc1ccccc1)C(=O)O. The van der Waals surface area contributed by atoms with Crippen LogP contribution >= 0.6 is 11.8 Å². The van der Waals surface area contributed by atoms with Crippen LogP contribution in [0.4, 0.5) is 4.79 Å². The van der Waals surface area contributed by atoms with Crippen LogP contribution in [0.2, 0.25) is 0 Å². The standard InChI is InChI=1S/C23H26N2O6S/c1-32-15-18(26)13-20(22(28)29)24-21(27)19(12-16-8-4-2-5-9-16)25-23(30)31-14-17-10-6-3-7-11-17/h2-11,19-20H,12-15H2,1H3,(H,24,27)(H,25,30)(H,28,29). The first-order valence-electron chi connectivity index (χ1n) is 9.94. The summed E-state index contributed by atoms with van der Waals surface area (Å²) in [6.45, 7) is 0.0211. The number of nitrogens with one attached hydrogen (secondary N) is 2. The first-order chi connectivity index (χ1) is 15.4. The van der Waals surface area contributed by atoms with Gasteiger partial charge in [0, 0.05) is 12.8 Å². The molecule has 2 atom stereocenters. The Bertz CT molecular complexity index is 907. The molecule has 0 aliphatic carbocycles. The van der Waals surface area contributed by atoms with E-state index in [9.17, 15) is 24.3 Å². The van der Waals surface area contributed by atoms with E-state index in [0.29, 0.717) is 0 Å². The zero-order chi connectivity index (χ0) is 23.3. The highest BCUT2D eigenvalue weighted by Crippen LogP contribution is 2.07. The normalized spacial score (nSPS) is 12.3. The minimum absolute atomic E-state index is 0.0211. The number of carboxylic acid groups (broad SMARTS) is 1. The van der Waals surface area contributed by atoms with Crippen LogP contribution in [0.5, 0.6) is 0 Å². The van der Waals surface area contributed by atoms with Crippen LogP contribution in [0.15, 0.2) is 60.7 Å². The minimum atomic E-state index is -1.39. The van der Waals surface area contributed by atoms with E-state index in [2.05, 4.69) is 10.6 Å². The Morgan fingerprint density at radius 1 is 0.906 bits per heavy atom. The first kappa shape index (κ1) is 24.9. The number of carboxylic acids is 1. The van der Waals surface area contributed by atoms with Crippen molar-refractivity contribution >= 4 is 35.5 Å². The van der Waals surface area contributed by atoms with Crippen LogP contribution < -0.4 is 10.6 Å². The molecule has 2 aromatic rings. The number of ether oxygens (including phenoxy) is 1. The maximum absolute atomic E-state index is 12.9. The molecule has 2 aromatic carbocycles. The number of Topliss-reactive ketones (excluding diaryl/α,β-unsaturated/α-hetero) is 1. The number of hydrogen-bond donors (Lipinski definition) is 3. The zero-order valence-electron chi connectivity index (χ0n) is 17.7. The lowest BCUT2D eigenvalue weighted by molar-refractivity contribution is -0.143. The third-order valence-corrected chi connectivity index (χ3v) is 5.07. The van der Waals surface area contributed by atoms with Crippen molar-refractivity contribution in [2.75, 3.05) is 12.0 Å². The van der Waals surface area contributed by atoms with E-state index in [1.165, 1.54) is 11.8 Å². The number of hydrogen-bond acceptors (Lipinski definition) is 6. The van der Waals surface area contributed by atoms with Gasteiger partial charge in [0.2, 0.25) is 5.91 Å². The summed E-state index contributed by atoms with van der Waals surface area (Å²) in [5.41, 5.74) is 1.55. The topological polar surface area (TPSA) is 122 Å². The minimum Gasteiger partial charge on any atom is -0.480 e. The molecule has 0 bridgehead atoms. The van der Waals surface area contributed by atoms with Crippen molar-refractivity contribution in [3.05, 3.63) is 71.8 Å². The highest BCUT2D eigenvalue weighted by Gasteiger charge is 2.28. The molecule has 3 N–H and O–H groups in total. The Morgan fingerprint density at radius 3 is 2.06 bits per heavy atom. The summed E-state index contributed by atoms with van der Waals surface area (Å²) in [5, 5.41) is 14.3. The van der Waals surface area contributed by atoms with Gasteiger partial charge in [0.25, 0.3) is 0 Å². The van der Waals surface area contributed by atoms with Gasteiger partial charge in [0.1, 0.15) is 24.5 Å². The van der Waals surface area contributed by atoms with E-state index in [1.807, 2.05) is 24.3 Å². The molecule has 2 amide bonds. The van der Waals surface area contributed by atoms with Crippen molar-refractivity contribution in [1.29, 1.82) is 0 Å². The summed E-state index contributed by atoms with van der Waals surface area (Å²) in [5.74, 6) is -2.18. The highest BCUT2D eigenvalue weighted by atomic mass is 32.2. The van der Waals surface area contributed by atoms with Gasteiger partial charge in [0.05, 0.1) is 5.75 Å². The molecule has 0 radical (unpaired) electrons. The quantitative estimate of drug-likeness (QED) is 0.446. The smallest absolute Gasteiger partial charge is 0.408 e. The molecule has 2 unspecified atom stereocenters. The number of carbonyl (C=O) groups excluding carboxylic acids is 3. The first-order valence-corrected chi connectivity index (χ1v) is 11.3. The maximum atomic E-state index is 12.9. The molecule has 8 nitrogen and oxygen atoms in total. The van der Waals surface area contributed by atoms with Crippen LogP contribution in [0, 0.1) is 0 Å². The highest BCUT2D eigenvalue weighted by molar-refractivity contribution is 7.99. The predicted octanol–water partition coefficient (Wildman–Crippen LogP) is 2.42. The molecule has 0 saturated carbocycles. The third-order valence-electron chi connectivity index (χ3n) is 4.46. The van der Waals surface area contributed by atoms with Gasteiger partial charge in [-0.15, -0.1) is 0 Å². The Hall–Kier alpha value is -3.33. The molecule has 32 heavy (non-hydrogen) atoms. The summed E-state index contributed by atoms with van der Waals surface area (Å²) in [6, 6.07) is 15.6. The van der Waals surface area contributed by atoms with E-state index in [4.69, 9.17) is 4.74 Å². The Labute approximate surface area is 190 Å². The third kappa shape index (κ3) is 8.81.